The highest BCUT2D eigenvalue weighted by Gasteiger charge is 2.23. The summed E-state index contributed by atoms with van der Waals surface area (Å²) in [6, 6.07) is -0.331. The SMILES string of the molecule is C#CC(N)C(C)(C)OC. The van der Waals surface area contributed by atoms with Crippen molar-refractivity contribution in [3.63, 3.8) is 0 Å². The normalized spacial score (nSPS) is 14.6. The van der Waals surface area contributed by atoms with E-state index in [4.69, 9.17) is 16.9 Å². The van der Waals surface area contributed by atoms with Gasteiger partial charge in [-0.15, -0.1) is 6.42 Å². The zero-order valence-corrected chi connectivity index (χ0v) is 6.14. The van der Waals surface area contributed by atoms with Crippen molar-refractivity contribution in [3.05, 3.63) is 0 Å². The molecule has 52 valence electrons. The Kier molecular flexibility index (Phi) is 2.69. The zero-order valence-electron chi connectivity index (χ0n) is 6.14. The third kappa shape index (κ3) is 2.05. The second-order valence-corrected chi connectivity index (χ2v) is 2.45. The Morgan fingerprint density at radius 1 is 1.67 bits per heavy atom. The maximum absolute atomic E-state index is 5.50. The van der Waals surface area contributed by atoms with Gasteiger partial charge in [-0.1, -0.05) is 5.92 Å². The number of nitrogens with two attached hydrogens (primary N) is 1. The van der Waals surface area contributed by atoms with E-state index in [0.29, 0.717) is 0 Å². The Hall–Kier alpha value is -0.520. The predicted molar refractivity (Wildman–Crippen MR) is 37.9 cm³/mol. The topological polar surface area (TPSA) is 35.2 Å². The summed E-state index contributed by atoms with van der Waals surface area (Å²) in [5.41, 5.74) is 5.09. The summed E-state index contributed by atoms with van der Waals surface area (Å²) in [6.07, 6.45) is 5.08. The Balaban J connectivity index is 4.01. The van der Waals surface area contributed by atoms with E-state index in [1.54, 1.807) is 7.11 Å². The van der Waals surface area contributed by atoms with Crippen molar-refractivity contribution in [2.45, 2.75) is 25.5 Å². The maximum Gasteiger partial charge on any atom is 0.0950 e. The fraction of sp³-hybridized carbons (Fsp3) is 0.714. The summed E-state index contributed by atoms with van der Waals surface area (Å²) >= 11 is 0. The van der Waals surface area contributed by atoms with Gasteiger partial charge in [0.25, 0.3) is 0 Å². The smallest absolute Gasteiger partial charge is 0.0950 e. The molecule has 1 atom stereocenters. The molecule has 9 heavy (non-hydrogen) atoms. The van der Waals surface area contributed by atoms with Gasteiger partial charge in [-0.3, -0.25) is 0 Å². The van der Waals surface area contributed by atoms with Crippen LogP contribution in [0.2, 0.25) is 0 Å². The largest absolute Gasteiger partial charge is 0.376 e. The lowest BCUT2D eigenvalue weighted by molar-refractivity contribution is 0.0148. The molecule has 2 nitrogen and oxygen atoms in total. The molecule has 0 radical (unpaired) electrons. The average molecular weight is 127 g/mol. The summed E-state index contributed by atoms with van der Waals surface area (Å²) in [4.78, 5) is 0. The van der Waals surface area contributed by atoms with Crippen molar-refractivity contribution in [2.75, 3.05) is 7.11 Å². The standard InChI is InChI=1S/C7H13NO/c1-5-6(8)7(2,3)9-4/h1,6H,8H2,2-4H3. The molecule has 0 aliphatic heterocycles. The molecule has 2 heteroatoms. The van der Waals surface area contributed by atoms with Crippen LogP contribution >= 0.6 is 0 Å². The first-order chi connectivity index (χ1) is 4.04. The minimum atomic E-state index is -0.408. The van der Waals surface area contributed by atoms with Crippen molar-refractivity contribution in [1.82, 2.24) is 0 Å². The molecular formula is C7H13NO. The third-order valence-electron chi connectivity index (χ3n) is 1.45. The average Bonchev–Trinajstić information content (AvgIpc) is 1.86. The van der Waals surface area contributed by atoms with Gasteiger partial charge in [0.15, 0.2) is 0 Å². The van der Waals surface area contributed by atoms with Gasteiger partial charge in [0, 0.05) is 7.11 Å². The lowest BCUT2D eigenvalue weighted by Gasteiger charge is -2.25. The van der Waals surface area contributed by atoms with Crippen LogP contribution in [0.15, 0.2) is 0 Å². The van der Waals surface area contributed by atoms with Crippen molar-refractivity contribution >= 4 is 0 Å². The van der Waals surface area contributed by atoms with Crippen LogP contribution in [0.3, 0.4) is 0 Å². The molecule has 0 fully saturated rings. The highest BCUT2D eigenvalue weighted by molar-refractivity contribution is 5.05. The zero-order chi connectivity index (χ0) is 7.49. The molecule has 0 aromatic rings. The number of hydrogen-bond donors (Lipinski definition) is 1. The summed E-state index contributed by atoms with van der Waals surface area (Å²) in [5.74, 6) is 2.41. The van der Waals surface area contributed by atoms with Crippen molar-refractivity contribution in [1.29, 1.82) is 0 Å². The first kappa shape index (κ1) is 8.48. The molecule has 0 bridgehead atoms. The Labute approximate surface area is 56.4 Å². The summed E-state index contributed by atoms with van der Waals surface area (Å²) < 4.78 is 5.02. The highest BCUT2D eigenvalue weighted by atomic mass is 16.5. The fourth-order valence-corrected chi connectivity index (χ4v) is 0.328. The Morgan fingerprint density at radius 3 is 2.22 bits per heavy atom. The van der Waals surface area contributed by atoms with Gasteiger partial charge in [0.05, 0.1) is 11.6 Å². The molecule has 0 aromatic carbocycles. The van der Waals surface area contributed by atoms with Gasteiger partial charge >= 0.3 is 0 Å². The van der Waals surface area contributed by atoms with Crippen LogP contribution < -0.4 is 5.73 Å². The van der Waals surface area contributed by atoms with Crippen molar-refractivity contribution in [3.8, 4) is 12.3 Å². The number of methoxy groups -OCH3 is 1. The van der Waals surface area contributed by atoms with Gasteiger partial charge in [0.2, 0.25) is 0 Å². The van der Waals surface area contributed by atoms with E-state index in [-0.39, 0.29) is 6.04 Å². The number of ether oxygens (including phenoxy) is 1. The van der Waals surface area contributed by atoms with Crippen LogP contribution in [0.5, 0.6) is 0 Å². The predicted octanol–water partition coefficient (Wildman–Crippen LogP) is 0.372. The van der Waals surface area contributed by atoms with Crippen LogP contribution in [0.1, 0.15) is 13.8 Å². The maximum atomic E-state index is 5.50. The lowest BCUT2D eigenvalue weighted by Crippen LogP contribution is -2.43. The molecule has 0 aliphatic carbocycles. The fourth-order valence-electron chi connectivity index (χ4n) is 0.328. The van der Waals surface area contributed by atoms with Crippen LogP contribution in [0.25, 0.3) is 0 Å². The van der Waals surface area contributed by atoms with Gasteiger partial charge < -0.3 is 10.5 Å². The molecule has 0 saturated heterocycles. The molecule has 0 spiro atoms. The third-order valence-corrected chi connectivity index (χ3v) is 1.45. The van der Waals surface area contributed by atoms with E-state index in [9.17, 15) is 0 Å². The van der Waals surface area contributed by atoms with Gasteiger partial charge in [-0.25, -0.2) is 0 Å². The van der Waals surface area contributed by atoms with Crippen LogP contribution in [0, 0.1) is 12.3 Å². The molecule has 1 unspecified atom stereocenters. The van der Waals surface area contributed by atoms with Gasteiger partial charge in [0.1, 0.15) is 0 Å². The first-order valence-corrected chi connectivity index (χ1v) is 2.81. The lowest BCUT2D eigenvalue weighted by atomic mass is 10.0. The highest BCUT2D eigenvalue weighted by Crippen LogP contribution is 2.09. The van der Waals surface area contributed by atoms with Crippen LogP contribution in [0.4, 0.5) is 0 Å². The number of terminal acetylenes is 1. The summed E-state index contributed by atoms with van der Waals surface area (Å²) in [6.45, 7) is 3.72. The summed E-state index contributed by atoms with van der Waals surface area (Å²) in [7, 11) is 1.59. The number of rotatable bonds is 2. The molecule has 0 heterocycles. The van der Waals surface area contributed by atoms with Crippen LogP contribution in [-0.2, 0) is 4.74 Å². The van der Waals surface area contributed by atoms with Crippen LogP contribution in [-0.4, -0.2) is 18.8 Å². The molecule has 2 N–H and O–H groups in total. The van der Waals surface area contributed by atoms with Crippen molar-refractivity contribution in [2.24, 2.45) is 5.73 Å². The Morgan fingerprint density at radius 2 is 2.11 bits per heavy atom. The summed E-state index contributed by atoms with van der Waals surface area (Å²) in [5, 5.41) is 0. The van der Waals surface area contributed by atoms with Gasteiger partial charge in [-0.05, 0) is 13.8 Å². The van der Waals surface area contributed by atoms with E-state index in [1.165, 1.54) is 0 Å². The molecule has 0 aliphatic rings. The second-order valence-electron chi connectivity index (χ2n) is 2.45. The first-order valence-electron chi connectivity index (χ1n) is 2.81. The minimum Gasteiger partial charge on any atom is -0.376 e. The quantitative estimate of drug-likeness (QED) is 0.544. The number of hydrogen-bond acceptors (Lipinski definition) is 2. The van der Waals surface area contributed by atoms with E-state index in [0.717, 1.165) is 0 Å². The van der Waals surface area contributed by atoms with Crippen molar-refractivity contribution < 1.29 is 4.74 Å². The second kappa shape index (κ2) is 2.86. The monoisotopic (exact) mass is 127 g/mol. The molecule has 0 amide bonds. The van der Waals surface area contributed by atoms with E-state index in [1.807, 2.05) is 13.8 Å². The molecular weight excluding hydrogens is 114 g/mol. The van der Waals surface area contributed by atoms with Gasteiger partial charge in [-0.2, -0.15) is 0 Å². The minimum absolute atomic E-state index is 0.331. The molecule has 0 rings (SSSR count). The van der Waals surface area contributed by atoms with E-state index >= 15 is 0 Å². The molecule has 0 aromatic heterocycles. The van der Waals surface area contributed by atoms with E-state index in [2.05, 4.69) is 5.92 Å². The Bertz CT molecular complexity index is 123. The van der Waals surface area contributed by atoms with E-state index < -0.39 is 5.60 Å². The molecule has 0 saturated carbocycles.